The van der Waals surface area contributed by atoms with Gasteiger partial charge in [-0.25, -0.2) is 4.68 Å². The molecule has 166 valence electrons. The number of nitrogens with one attached hydrogen (secondary N) is 1. The van der Waals surface area contributed by atoms with Gasteiger partial charge < -0.3 is 10.2 Å². The number of aryl methyl sites for hydroxylation is 2. The Labute approximate surface area is 187 Å². The zero-order valence-electron chi connectivity index (χ0n) is 18.7. The van der Waals surface area contributed by atoms with Gasteiger partial charge >= 0.3 is 0 Å². The molecule has 1 N–H and O–H groups in total. The first kappa shape index (κ1) is 20.7. The number of rotatable bonds is 5. The molecule has 0 spiro atoms. The van der Waals surface area contributed by atoms with Crippen LogP contribution in [0, 0.1) is 12.8 Å². The molecule has 7 nitrogen and oxygen atoms in total. The average Bonchev–Trinajstić information content (AvgIpc) is 3.57. The van der Waals surface area contributed by atoms with Gasteiger partial charge in [0.25, 0.3) is 5.91 Å². The summed E-state index contributed by atoms with van der Waals surface area (Å²) in [4.78, 5) is 32.2. The summed E-state index contributed by atoms with van der Waals surface area (Å²) in [6.07, 6.45) is 6.22. The van der Waals surface area contributed by atoms with Crippen molar-refractivity contribution in [3.05, 3.63) is 53.3 Å². The number of carbonyl (C=O) groups excluding carboxylic acids is 2. The number of piperidine rings is 1. The van der Waals surface area contributed by atoms with Crippen LogP contribution < -0.4 is 5.32 Å². The number of nitrogens with zero attached hydrogens (tertiary/aromatic N) is 4. The number of pyridine rings is 1. The van der Waals surface area contributed by atoms with Crippen molar-refractivity contribution in [3.63, 3.8) is 0 Å². The molecule has 1 aromatic carbocycles. The zero-order valence-corrected chi connectivity index (χ0v) is 18.7. The van der Waals surface area contributed by atoms with E-state index in [2.05, 4.69) is 34.5 Å². The van der Waals surface area contributed by atoms with Crippen LogP contribution >= 0.6 is 0 Å². The molecule has 2 aliphatic rings. The van der Waals surface area contributed by atoms with Crippen molar-refractivity contribution in [3.8, 4) is 0 Å². The van der Waals surface area contributed by atoms with E-state index in [9.17, 15) is 9.59 Å². The van der Waals surface area contributed by atoms with Crippen LogP contribution in [0.1, 0.15) is 60.3 Å². The number of fused-ring (bicyclic) bond motifs is 1. The monoisotopic (exact) mass is 431 g/mol. The van der Waals surface area contributed by atoms with E-state index >= 15 is 0 Å². The topological polar surface area (TPSA) is 80.1 Å². The highest BCUT2D eigenvalue weighted by molar-refractivity contribution is 6.06. The van der Waals surface area contributed by atoms with Crippen molar-refractivity contribution < 1.29 is 9.59 Å². The summed E-state index contributed by atoms with van der Waals surface area (Å²) in [6, 6.07) is 10.1. The lowest BCUT2D eigenvalue weighted by molar-refractivity contribution is -0.117. The standard InChI is InChI=1S/C25H29N5O2/c1-3-17-4-7-22-20(15-17)21(14-16(2)27-22)25(32)29-12-9-19(10-13-29)30-23(8-11-26-30)28-24(31)18-5-6-18/h4,7-8,11,14-15,18-19H,3,5-6,9-10,12-13H2,1-2H3,(H,28,31). The van der Waals surface area contributed by atoms with E-state index in [4.69, 9.17) is 0 Å². The quantitative estimate of drug-likeness (QED) is 0.659. The van der Waals surface area contributed by atoms with Crippen LogP contribution in [0.3, 0.4) is 0 Å². The third-order valence-corrected chi connectivity index (χ3v) is 6.61. The van der Waals surface area contributed by atoms with E-state index in [1.54, 1.807) is 6.20 Å². The Bertz CT molecular complexity index is 1170. The number of anilines is 1. The van der Waals surface area contributed by atoms with Crippen molar-refractivity contribution in [1.29, 1.82) is 0 Å². The van der Waals surface area contributed by atoms with Gasteiger partial charge in [-0.3, -0.25) is 14.6 Å². The highest BCUT2D eigenvalue weighted by Gasteiger charge is 2.31. The average molecular weight is 432 g/mol. The van der Waals surface area contributed by atoms with Crippen LogP contribution in [-0.4, -0.2) is 44.6 Å². The first-order chi connectivity index (χ1) is 15.5. The molecule has 3 aromatic rings. The summed E-state index contributed by atoms with van der Waals surface area (Å²) in [5, 5.41) is 8.41. The maximum Gasteiger partial charge on any atom is 0.254 e. The molecule has 1 aliphatic carbocycles. The predicted molar refractivity (Wildman–Crippen MR) is 124 cm³/mol. The lowest BCUT2D eigenvalue weighted by atomic mass is 10.0. The Hall–Kier alpha value is -3.22. The molecule has 2 amide bonds. The maximum absolute atomic E-state index is 13.5. The minimum absolute atomic E-state index is 0.0647. The first-order valence-electron chi connectivity index (χ1n) is 11.6. The molecule has 0 atom stereocenters. The van der Waals surface area contributed by atoms with Gasteiger partial charge in [0, 0.05) is 36.2 Å². The molecule has 7 heteroatoms. The molecule has 1 saturated heterocycles. The normalized spacial score (nSPS) is 17.0. The van der Waals surface area contributed by atoms with Gasteiger partial charge in [0.2, 0.25) is 5.91 Å². The third-order valence-electron chi connectivity index (χ3n) is 6.61. The molecule has 0 bridgehead atoms. The number of aromatic nitrogens is 3. The number of amides is 2. The van der Waals surface area contributed by atoms with Crippen molar-refractivity contribution >= 4 is 28.5 Å². The van der Waals surface area contributed by atoms with Gasteiger partial charge in [-0.1, -0.05) is 13.0 Å². The minimum Gasteiger partial charge on any atom is -0.338 e. The van der Waals surface area contributed by atoms with Crippen molar-refractivity contribution in [2.24, 2.45) is 5.92 Å². The lowest BCUT2D eigenvalue weighted by Crippen LogP contribution is -2.39. The van der Waals surface area contributed by atoms with Gasteiger partial charge in [-0.15, -0.1) is 0 Å². The summed E-state index contributed by atoms with van der Waals surface area (Å²) in [5.41, 5.74) is 3.66. The van der Waals surface area contributed by atoms with Gasteiger partial charge in [-0.2, -0.15) is 5.10 Å². The summed E-state index contributed by atoms with van der Waals surface area (Å²) >= 11 is 0. The second-order valence-electron chi connectivity index (χ2n) is 8.96. The van der Waals surface area contributed by atoms with Crippen LogP contribution in [0.4, 0.5) is 5.82 Å². The fourth-order valence-corrected chi connectivity index (χ4v) is 4.56. The van der Waals surface area contributed by atoms with Crippen LogP contribution in [0.2, 0.25) is 0 Å². The van der Waals surface area contributed by atoms with Gasteiger partial charge in [0.05, 0.1) is 23.3 Å². The van der Waals surface area contributed by atoms with Gasteiger partial charge in [0.15, 0.2) is 0 Å². The number of carbonyl (C=O) groups is 2. The lowest BCUT2D eigenvalue weighted by Gasteiger charge is -2.33. The third kappa shape index (κ3) is 3.99. The van der Waals surface area contributed by atoms with Crippen LogP contribution in [0.15, 0.2) is 36.5 Å². The molecule has 2 aromatic heterocycles. The van der Waals surface area contributed by atoms with E-state index < -0.39 is 0 Å². The van der Waals surface area contributed by atoms with Crippen LogP contribution in [-0.2, 0) is 11.2 Å². The number of likely N-dealkylation sites (tertiary alicyclic amines) is 1. The largest absolute Gasteiger partial charge is 0.338 e. The smallest absolute Gasteiger partial charge is 0.254 e. The van der Waals surface area contributed by atoms with Crippen LogP contribution in [0.25, 0.3) is 10.9 Å². The number of hydrogen-bond acceptors (Lipinski definition) is 4. The fourth-order valence-electron chi connectivity index (χ4n) is 4.56. The van der Waals surface area contributed by atoms with Crippen molar-refractivity contribution in [1.82, 2.24) is 19.7 Å². The van der Waals surface area contributed by atoms with Gasteiger partial charge in [-0.05, 0) is 62.8 Å². The summed E-state index contributed by atoms with van der Waals surface area (Å²) in [5.74, 6) is 1.07. The second-order valence-corrected chi connectivity index (χ2v) is 8.96. The van der Waals surface area contributed by atoms with Crippen LogP contribution in [0.5, 0.6) is 0 Å². The Kier molecular flexibility index (Phi) is 5.41. The highest BCUT2D eigenvalue weighted by Crippen LogP contribution is 2.32. The summed E-state index contributed by atoms with van der Waals surface area (Å²) < 4.78 is 1.92. The van der Waals surface area contributed by atoms with E-state index in [1.807, 2.05) is 34.7 Å². The molecule has 1 saturated carbocycles. The summed E-state index contributed by atoms with van der Waals surface area (Å²) in [6.45, 7) is 5.38. The maximum atomic E-state index is 13.5. The van der Waals surface area contributed by atoms with Crippen molar-refractivity contribution in [2.45, 2.75) is 52.0 Å². The molecule has 2 fully saturated rings. The predicted octanol–water partition coefficient (Wildman–Crippen LogP) is 4.13. The van der Waals surface area contributed by atoms with E-state index in [-0.39, 0.29) is 23.8 Å². The molecule has 5 rings (SSSR count). The minimum atomic E-state index is 0.0647. The van der Waals surface area contributed by atoms with E-state index in [0.717, 1.165) is 60.1 Å². The SMILES string of the molecule is CCc1ccc2nc(C)cc(C(=O)N3CCC(n4nccc4NC(=O)C4CC4)CC3)c2c1. The molecule has 1 aliphatic heterocycles. The first-order valence-corrected chi connectivity index (χ1v) is 11.6. The number of hydrogen-bond donors (Lipinski definition) is 1. The summed E-state index contributed by atoms with van der Waals surface area (Å²) in [7, 11) is 0. The Morgan fingerprint density at radius 2 is 1.88 bits per heavy atom. The second kappa shape index (κ2) is 8.37. The van der Waals surface area contributed by atoms with Gasteiger partial charge in [0.1, 0.15) is 5.82 Å². The molecule has 0 radical (unpaired) electrons. The Balaban J connectivity index is 1.31. The highest BCUT2D eigenvalue weighted by atomic mass is 16.2. The van der Waals surface area contributed by atoms with E-state index in [0.29, 0.717) is 13.1 Å². The number of benzene rings is 1. The molecular formula is C25H29N5O2. The van der Waals surface area contributed by atoms with Crippen molar-refractivity contribution in [2.75, 3.05) is 18.4 Å². The molecule has 32 heavy (non-hydrogen) atoms. The Morgan fingerprint density at radius 1 is 1.09 bits per heavy atom. The zero-order chi connectivity index (χ0) is 22.2. The van der Waals surface area contributed by atoms with E-state index in [1.165, 1.54) is 5.56 Å². The molecule has 3 heterocycles. The molecule has 0 unspecified atom stereocenters. The molecular weight excluding hydrogens is 402 g/mol. The Morgan fingerprint density at radius 3 is 2.59 bits per heavy atom. The fraction of sp³-hybridized carbons (Fsp3) is 0.440.